The molecule has 0 unspecified atom stereocenters. The molecule has 0 saturated carbocycles. The molecule has 1 aromatic rings. The molecule has 1 fully saturated rings. The topological polar surface area (TPSA) is 23.5 Å². The fourth-order valence-corrected chi connectivity index (χ4v) is 2.17. The lowest BCUT2D eigenvalue weighted by Crippen LogP contribution is -2.30. The van der Waals surface area contributed by atoms with Crippen LogP contribution in [-0.2, 0) is 0 Å². The average molecular weight is 223 g/mol. The Bertz CT molecular complexity index is 359. The maximum Gasteiger partial charge on any atom is 0.146 e. The first-order valence-corrected chi connectivity index (χ1v) is 5.91. The maximum atomic E-state index is 13.8. The molecular formula is C13H18FNO. The van der Waals surface area contributed by atoms with Gasteiger partial charge in [-0.15, -0.1) is 0 Å². The molecule has 1 atom stereocenters. The number of nitrogens with zero attached hydrogens (tertiary/aromatic N) is 1. The summed E-state index contributed by atoms with van der Waals surface area (Å²) < 4.78 is 13.8. The summed E-state index contributed by atoms with van der Waals surface area (Å²) in [6, 6.07) is 5.02. The lowest BCUT2D eigenvalue weighted by molar-refractivity contribution is 0.199. The number of anilines is 1. The maximum absolute atomic E-state index is 13.8. The van der Waals surface area contributed by atoms with Crippen LogP contribution in [-0.4, -0.2) is 18.2 Å². The van der Waals surface area contributed by atoms with Gasteiger partial charge >= 0.3 is 0 Å². The fourth-order valence-electron chi connectivity index (χ4n) is 2.17. The van der Waals surface area contributed by atoms with Crippen molar-refractivity contribution in [3.05, 3.63) is 29.6 Å². The molecule has 1 aromatic carbocycles. The minimum atomic E-state index is -0.607. The number of rotatable bonds is 2. The highest BCUT2D eigenvalue weighted by atomic mass is 19.1. The molecule has 16 heavy (non-hydrogen) atoms. The lowest BCUT2D eigenvalue weighted by Gasteiger charge is -2.29. The summed E-state index contributed by atoms with van der Waals surface area (Å²) in [5.74, 6) is -0.222. The van der Waals surface area contributed by atoms with Crippen LogP contribution in [0.4, 0.5) is 10.1 Å². The molecule has 0 bridgehead atoms. The van der Waals surface area contributed by atoms with Crippen LogP contribution in [0, 0.1) is 5.82 Å². The Morgan fingerprint density at radius 2 is 1.94 bits per heavy atom. The van der Waals surface area contributed by atoms with Crippen molar-refractivity contribution in [2.75, 3.05) is 18.0 Å². The molecule has 0 amide bonds. The number of hydrogen-bond acceptors (Lipinski definition) is 2. The number of aliphatic hydroxyl groups is 1. The molecule has 1 saturated heterocycles. The lowest BCUT2D eigenvalue weighted by atomic mass is 10.1. The zero-order valence-electron chi connectivity index (χ0n) is 9.62. The summed E-state index contributed by atoms with van der Waals surface area (Å²) >= 11 is 0. The van der Waals surface area contributed by atoms with E-state index in [2.05, 4.69) is 4.90 Å². The van der Waals surface area contributed by atoms with Crippen LogP contribution >= 0.6 is 0 Å². The molecule has 2 nitrogen and oxygen atoms in total. The third kappa shape index (κ3) is 2.35. The minimum Gasteiger partial charge on any atom is -0.389 e. The van der Waals surface area contributed by atoms with Gasteiger partial charge in [0.25, 0.3) is 0 Å². The van der Waals surface area contributed by atoms with Crippen LogP contribution in [0.15, 0.2) is 18.2 Å². The van der Waals surface area contributed by atoms with Crippen molar-refractivity contribution in [1.29, 1.82) is 0 Å². The molecular weight excluding hydrogens is 205 g/mol. The molecule has 0 aromatic heterocycles. The number of hydrogen-bond donors (Lipinski definition) is 1. The third-order valence-electron chi connectivity index (χ3n) is 3.15. The highest BCUT2D eigenvalue weighted by Crippen LogP contribution is 2.25. The molecule has 2 rings (SSSR count). The first-order valence-electron chi connectivity index (χ1n) is 5.91. The number of piperidine rings is 1. The zero-order chi connectivity index (χ0) is 11.5. The van der Waals surface area contributed by atoms with Crippen molar-refractivity contribution in [3.63, 3.8) is 0 Å². The second kappa shape index (κ2) is 4.83. The van der Waals surface area contributed by atoms with Gasteiger partial charge in [-0.05, 0) is 43.9 Å². The van der Waals surface area contributed by atoms with Crippen molar-refractivity contribution in [1.82, 2.24) is 0 Å². The number of benzene rings is 1. The van der Waals surface area contributed by atoms with E-state index in [-0.39, 0.29) is 5.82 Å². The minimum absolute atomic E-state index is 0.222. The average Bonchev–Trinajstić information content (AvgIpc) is 2.30. The van der Waals surface area contributed by atoms with Crippen molar-refractivity contribution < 1.29 is 9.50 Å². The predicted molar refractivity (Wildman–Crippen MR) is 63.1 cm³/mol. The smallest absolute Gasteiger partial charge is 0.146 e. The van der Waals surface area contributed by atoms with E-state index >= 15 is 0 Å². The van der Waals surface area contributed by atoms with Gasteiger partial charge in [0, 0.05) is 13.1 Å². The molecule has 1 heterocycles. The monoisotopic (exact) mass is 223 g/mol. The molecule has 0 radical (unpaired) electrons. The molecule has 1 aliphatic rings. The van der Waals surface area contributed by atoms with Gasteiger partial charge < -0.3 is 10.0 Å². The first-order chi connectivity index (χ1) is 7.68. The van der Waals surface area contributed by atoms with E-state index in [1.807, 2.05) is 0 Å². The summed E-state index contributed by atoms with van der Waals surface area (Å²) in [7, 11) is 0. The highest BCUT2D eigenvalue weighted by Gasteiger charge is 2.15. The normalized spacial score (nSPS) is 18.6. The van der Waals surface area contributed by atoms with Crippen LogP contribution in [0.3, 0.4) is 0 Å². The SMILES string of the molecule is C[C@H](O)c1ccc(N2CCCCC2)c(F)c1. The Balaban J connectivity index is 2.21. The van der Waals surface area contributed by atoms with Gasteiger partial charge in [-0.1, -0.05) is 6.07 Å². The number of halogens is 1. The van der Waals surface area contributed by atoms with E-state index in [1.165, 1.54) is 12.5 Å². The largest absolute Gasteiger partial charge is 0.389 e. The molecule has 88 valence electrons. The van der Waals surface area contributed by atoms with Crippen molar-refractivity contribution in [2.45, 2.75) is 32.3 Å². The standard InChI is InChI=1S/C13H18FNO/c1-10(16)11-5-6-13(12(14)9-11)15-7-3-2-4-8-15/h5-6,9-10,16H,2-4,7-8H2,1H3/t10-/m0/s1. The summed E-state index contributed by atoms with van der Waals surface area (Å²) in [4.78, 5) is 2.09. The van der Waals surface area contributed by atoms with Crippen LogP contribution in [0.2, 0.25) is 0 Å². The number of aliphatic hydroxyl groups excluding tert-OH is 1. The molecule has 1 aliphatic heterocycles. The third-order valence-corrected chi connectivity index (χ3v) is 3.15. The van der Waals surface area contributed by atoms with Crippen molar-refractivity contribution >= 4 is 5.69 Å². The molecule has 0 spiro atoms. The Morgan fingerprint density at radius 3 is 2.50 bits per heavy atom. The Labute approximate surface area is 95.7 Å². The Kier molecular flexibility index (Phi) is 3.44. The Morgan fingerprint density at radius 1 is 1.25 bits per heavy atom. The molecule has 0 aliphatic carbocycles. The van der Waals surface area contributed by atoms with E-state index in [0.717, 1.165) is 25.9 Å². The highest BCUT2D eigenvalue weighted by molar-refractivity contribution is 5.49. The van der Waals surface area contributed by atoms with Crippen LogP contribution in [0.1, 0.15) is 37.9 Å². The quantitative estimate of drug-likeness (QED) is 0.833. The summed E-state index contributed by atoms with van der Waals surface area (Å²) in [5.41, 5.74) is 1.31. The Hall–Kier alpha value is -1.09. The van der Waals surface area contributed by atoms with Gasteiger partial charge in [0.2, 0.25) is 0 Å². The first kappa shape index (κ1) is 11.4. The van der Waals surface area contributed by atoms with Gasteiger partial charge in [0.15, 0.2) is 0 Å². The van der Waals surface area contributed by atoms with E-state index in [1.54, 1.807) is 19.1 Å². The van der Waals surface area contributed by atoms with Gasteiger partial charge in [-0.25, -0.2) is 4.39 Å². The van der Waals surface area contributed by atoms with Gasteiger partial charge in [0.05, 0.1) is 11.8 Å². The predicted octanol–water partition coefficient (Wildman–Crippen LogP) is 2.87. The van der Waals surface area contributed by atoms with Crippen molar-refractivity contribution in [2.24, 2.45) is 0 Å². The second-order valence-electron chi connectivity index (χ2n) is 4.43. The fraction of sp³-hybridized carbons (Fsp3) is 0.538. The zero-order valence-corrected chi connectivity index (χ0v) is 9.62. The van der Waals surface area contributed by atoms with Crippen LogP contribution in [0.5, 0.6) is 0 Å². The van der Waals surface area contributed by atoms with Gasteiger partial charge in [-0.3, -0.25) is 0 Å². The van der Waals surface area contributed by atoms with Crippen molar-refractivity contribution in [3.8, 4) is 0 Å². The summed E-state index contributed by atoms with van der Waals surface area (Å²) in [6.45, 7) is 3.52. The molecule has 3 heteroatoms. The van der Waals surface area contributed by atoms with Gasteiger partial charge in [-0.2, -0.15) is 0 Å². The van der Waals surface area contributed by atoms with Crippen LogP contribution in [0.25, 0.3) is 0 Å². The van der Waals surface area contributed by atoms with E-state index < -0.39 is 6.10 Å². The van der Waals surface area contributed by atoms with E-state index in [4.69, 9.17) is 0 Å². The van der Waals surface area contributed by atoms with E-state index in [0.29, 0.717) is 11.3 Å². The molecule has 1 N–H and O–H groups in total. The van der Waals surface area contributed by atoms with E-state index in [9.17, 15) is 9.50 Å². The summed E-state index contributed by atoms with van der Waals surface area (Å²) in [6.07, 6.45) is 2.91. The van der Waals surface area contributed by atoms with Crippen LogP contribution < -0.4 is 4.90 Å². The van der Waals surface area contributed by atoms with Gasteiger partial charge in [0.1, 0.15) is 5.82 Å². The second-order valence-corrected chi connectivity index (χ2v) is 4.43. The summed E-state index contributed by atoms with van der Waals surface area (Å²) in [5, 5.41) is 9.37.